The van der Waals surface area contributed by atoms with E-state index >= 15 is 0 Å². The van der Waals surface area contributed by atoms with Gasteiger partial charge >= 0.3 is 12.0 Å². The van der Waals surface area contributed by atoms with Crippen LogP contribution < -0.4 is 11.1 Å². The van der Waals surface area contributed by atoms with E-state index in [0.717, 1.165) is 5.56 Å². The van der Waals surface area contributed by atoms with Crippen LogP contribution in [0, 0.1) is 0 Å². The standard InChI is InChI=1S/C13H16N2O5/c1-8(11(16)15-13(14)18)20-12(17)10-5-3-4-9(6-10)7-19-2/h3-6,8H,7H2,1-2H3,(H3,14,15,16,18)/t8-/m1/s1. The Morgan fingerprint density at radius 1 is 1.35 bits per heavy atom. The maximum Gasteiger partial charge on any atom is 0.338 e. The van der Waals surface area contributed by atoms with Crippen LogP contribution in [0.25, 0.3) is 0 Å². The fourth-order valence-electron chi connectivity index (χ4n) is 1.46. The molecule has 3 N–H and O–H groups in total. The molecule has 20 heavy (non-hydrogen) atoms. The third-order valence-corrected chi connectivity index (χ3v) is 2.37. The minimum absolute atomic E-state index is 0.290. The van der Waals surface area contributed by atoms with Gasteiger partial charge in [-0.3, -0.25) is 10.1 Å². The number of imide groups is 1. The molecule has 108 valence electrons. The van der Waals surface area contributed by atoms with Crippen molar-refractivity contribution in [2.45, 2.75) is 19.6 Å². The van der Waals surface area contributed by atoms with Gasteiger partial charge in [0.1, 0.15) is 0 Å². The van der Waals surface area contributed by atoms with Crippen molar-refractivity contribution in [2.75, 3.05) is 7.11 Å². The van der Waals surface area contributed by atoms with Crippen LogP contribution in [-0.2, 0) is 20.9 Å². The molecule has 0 spiro atoms. The Morgan fingerprint density at radius 2 is 2.05 bits per heavy atom. The average Bonchev–Trinajstić information content (AvgIpc) is 2.38. The first-order chi connectivity index (χ1) is 9.43. The first-order valence-electron chi connectivity index (χ1n) is 5.83. The second-order valence-corrected chi connectivity index (χ2v) is 4.03. The number of carbonyl (C=O) groups is 3. The summed E-state index contributed by atoms with van der Waals surface area (Å²) in [5.41, 5.74) is 5.89. The lowest BCUT2D eigenvalue weighted by molar-refractivity contribution is -0.127. The molecule has 0 saturated heterocycles. The number of benzene rings is 1. The van der Waals surface area contributed by atoms with Gasteiger partial charge in [-0.25, -0.2) is 9.59 Å². The maximum absolute atomic E-state index is 11.8. The Labute approximate surface area is 116 Å². The SMILES string of the molecule is COCc1cccc(C(=O)O[C@H](C)C(=O)NC(N)=O)c1. The summed E-state index contributed by atoms with van der Waals surface area (Å²) in [6.45, 7) is 1.70. The molecule has 1 rings (SSSR count). The van der Waals surface area contributed by atoms with Crippen LogP contribution >= 0.6 is 0 Å². The molecule has 0 aliphatic rings. The van der Waals surface area contributed by atoms with Crippen LogP contribution in [0.3, 0.4) is 0 Å². The Kier molecular flexibility index (Phi) is 5.67. The van der Waals surface area contributed by atoms with Crippen molar-refractivity contribution in [3.63, 3.8) is 0 Å². The van der Waals surface area contributed by atoms with Crippen molar-refractivity contribution in [1.29, 1.82) is 0 Å². The first kappa shape index (κ1) is 15.6. The number of hydrogen-bond acceptors (Lipinski definition) is 5. The summed E-state index contributed by atoms with van der Waals surface area (Å²) in [6.07, 6.45) is -1.12. The van der Waals surface area contributed by atoms with Gasteiger partial charge < -0.3 is 15.2 Å². The number of urea groups is 1. The molecule has 0 radical (unpaired) electrons. The Bertz CT molecular complexity index is 515. The van der Waals surface area contributed by atoms with Gasteiger partial charge in [0.25, 0.3) is 5.91 Å². The fourth-order valence-corrected chi connectivity index (χ4v) is 1.46. The zero-order chi connectivity index (χ0) is 15.1. The van der Waals surface area contributed by atoms with Gasteiger partial charge in [0, 0.05) is 7.11 Å². The van der Waals surface area contributed by atoms with Gasteiger partial charge in [-0.15, -0.1) is 0 Å². The van der Waals surface area contributed by atoms with E-state index in [9.17, 15) is 14.4 Å². The fraction of sp³-hybridized carbons (Fsp3) is 0.308. The van der Waals surface area contributed by atoms with Crippen molar-refractivity contribution in [3.05, 3.63) is 35.4 Å². The number of nitrogens with two attached hydrogens (primary N) is 1. The van der Waals surface area contributed by atoms with E-state index in [1.165, 1.54) is 6.92 Å². The highest BCUT2D eigenvalue weighted by molar-refractivity contribution is 5.98. The highest BCUT2D eigenvalue weighted by atomic mass is 16.5. The summed E-state index contributed by atoms with van der Waals surface area (Å²) >= 11 is 0. The van der Waals surface area contributed by atoms with Crippen molar-refractivity contribution in [1.82, 2.24) is 5.32 Å². The molecule has 1 aromatic carbocycles. The van der Waals surface area contributed by atoms with E-state index in [4.69, 9.17) is 15.2 Å². The second-order valence-electron chi connectivity index (χ2n) is 4.03. The third-order valence-electron chi connectivity index (χ3n) is 2.37. The van der Waals surface area contributed by atoms with E-state index in [1.54, 1.807) is 31.4 Å². The largest absolute Gasteiger partial charge is 0.449 e. The highest BCUT2D eigenvalue weighted by Gasteiger charge is 2.20. The molecular weight excluding hydrogens is 264 g/mol. The van der Waals surface area contributed by atoms with Crippen LogP contribution in [0.4, 0.5) is 4.79 Å². The molecule has 0 aromatic heterocycles. The van der Waals surface area contributed by atoms with E-state index in [1.807, 2.05) is 5.32 Å². The molecule has 0 heterocycles. The van der Waals surface area contributed by atoms with Gasteiger partial charge in [-0.1, -0.05) is 12.1 Å². The molecule has 1 atom stereocenters. The summed E-state index contributed by atoms with van der Waals surface area (Å²) in [5, 5.41) is 1.83. The topological polar surface area (TPSA) is 108 Å². The molecule has 0 unspecified atom stereocenters. The van der Waals surface area contributed by atoms with Crippen LogP contribution in [0.5, 0.6) is 0 Å². The van der Waals surface area contributed by atoms with Crippen LogP contribution in [0.15, 0.2) is 24.3 Å². The molecule has 0 aliphatic heterocycles. The highest BCUT2D eigenvalue weighted by Crippen LogP contribution is 2.09. The van der Waals surface area contributed by atoms with Crippen molar-refractivity contribution < 1.29 is 23.9 Å². The normalized spacial score (nSPS) is 11.5. The lowest BCUT2D eigenvalue weighted by Crippen LogP contribution is -2.42. The van der Waals surface area contributed by atoms with E-state index < -0.39 is 24.0 Å². The summed E-state index contributed by atoms with van der Waals surface area (Å²) in [6, 6.07) is 5.63. The summed E-state index contributed by atoms with van der Waals surface area (Å²) in [4.78, 5) is 33.7. The number of amides is 3. The van der Waals surface area contributed by atoms with Crippen molar-refractivity contribution in [3.8, 4) is 0 Å². The predicted octanol–water partition coefficient (Wildman–Crippen LogP) is 0.573. The van der Waals surface area contributed by atoms with Crippen LogP contribution in [0.1, 0.15) is 22.8 Å². The average molecular weight is 280 g/mol. The number of hydrogen-bond donors (Lipinski definition) is 2. The molecule has 7 nitrogen and oxygen atoms in total. The number of primary amides is 1. The van der Waals surface area contributed by atoms with E-state index in [0.29, 0.717) is 12.2 Å². The predicted molar refractivity (Wildman–Crippen MR) is 69.8 cm³/mol. The number of ether oxygens (including phenoxy) is 2. The monoisotopic (exact) mass is 280 g/mol. The van der Waals surface area contributed by atoms with E-state index in [-0.39, 0.29) is 0 Å². The van der Waals surface area contributed by atoms with Crippen molar-refractivity contribution in [2.24, 2.45) is 5.73 Å². The van der Waals surface area contributed by atoms with Crippen LogP contribution in [0.2, 0.25) is 0 Å². The molecule has 7 heteroatoms. The van der Waals surface area contributed by atoms with Gasteiger partial charge in [0.15, 0.2) is 6.10 Å². The summed E-state index contributed by atoms with van der Waals surface area (Å²) < 4.78 is 9.89. The smallest absolute Gasteiger partial charge is 0.338 e. The summed E-state index contributed by atoms with van der Waals surface area (Å²) in [5.74, 6) is -1.45. The van der Waals surface area contributed by atoms with Gasteiger partial charge in [0.2, 0.25) is 0 Å². The van der Waals surface area contributed by atoms with Crippen molar-refractivity contribution >= 4 is 17.9 Å². The van der Waals surface area contributed by atoms with Gasteiger partial charge in [0.05, 0.1) is 12.2 Å². The number of esters is 1. The number of rotatable bonds is 5. The maximum atomic E-state index is 11.8. The second kappa shape index (κ2) is 7.25. The Hall–Kier alpha value is -2.41. The molecular formula is C13H16N2O5. The molecule has 3 amide bonds. The van der Waals surface area contributed by atoms with Gasteiger partial charge in [-0.05, 0) is 24.6 Å². The zero-order valence-corrected chi connectivity index (χ0v) is 11.2. The minimum atomic E-state index is -1.12. The van der Waals surface area contributed by atoms with Gasteiger partial charge in [-0.2, -0.15) is 0 Å². The number of carbonyl (C=O) groups excluding carboxylic acids is 3. The number of nitrogens with one attached hydrogen (secondary N) is 1. The van der Waals surface area contributed by atoms with E-state index in [2.05, 4.69) is 0 Å². The minimum Gasteiger partial charge on any atom is -0.449 e. The molecule has 0 aliphatic carbocycles. The zero-order valence-electron chi connectivity index (χ0n) is 11.2. The third kappa shape index (κ3) is 4.69. The first-order valence-corrected chi connectivity index (χ1v) is 5.83. The summed E-state index contributed by atoms with van der Waals surface area (Å²) in [7, 11) is 1.54. The molecule has 0 saturated carbocycles. The molecule has 0 bridgehead atoms. The lowest BCUT2D eigenvalue weighted by atomic mass is 10.1. The molecule has 0 fully saturated rings. The Morgan fingerprint density at radius 3 is 2.65 bits per heavy atom. The van der Waals surface area contributed by atoms with Crippen LogP contribution in [-0.4, -0.2) is 31.1 Å². The quantitative estimate of drug-likeness (QED) is 0.767. The Balaban J connectivity index is 2.68. The lowest BCUT2D eigenvalue weighted by Gasteiger charge is -2.12. The number of methoxy groups -OCH3 is 1. The molecule has 1 aromatic rings.